The Balaban J connectivity index is 2.02. The fraction of sp³-hybridized carbons (Fsp3) is 0.500. The van der Waals surface area contributed by atoms with Crippen molar-refractivity contribution in [2.24, 2.45) is 5.41 Å². The molecule has 1 aromatic rings. The number of nitrogens with zero attached hydrogens (tertiary/aromatic N) is 1. The van der Waals surface area contributed by atoms with Crippen LogP contribution < -0.4 is 5.32 Å². The molecule has 5 nitrogen and oxygen atoms in total. The van der Waals surface area contributed by atoms with Crippen LogP contribution >= 0.6 is 0 Å². The molecule has 0 unspecified atom stereocenters. The molecule has 102 valence electrons. The molecule has 1 amide bonds. The van der Waals surface area contributed by atoms with Crippen LogP contribution in [0.25, 0.3) is 0 Å². The number of nitrogens with one attached hydrogen (secondary N) is 1. The van der Waals surface area contributed by atoms with E-state index in [0.29, 0.717) is 18.4 Å². The molecule has 0 saturated heterocycles. The van der Waals surface area contributed by atoms with Gasteiger partial charge in [0.1, 0.15) is 0 Å². The van der Waals surface area contributed by atoms with Gasteiger partial charge in [-0.15, -0.1) is 0 Å². The highest BCUT2D eigenvalue weighted by molar-refractivity contribution is 5.94. The van der Waals surface area contributed by atoms with E-state index in [0.717, 1.165) is 18.4 Å². The zero-order valence-corrected chi connectivity index (χ0v) is 11.0. The highest BCUT2D eigenvalue weighted by Crippen LogP contribution is 2.37. The Morgan fingerprint density at radius 1 is 1.37 bits per heavy atom. The first-order chi connectivity index (χ1) is 9.03. The molecule has 5 heteroatoms. The molecule has 0 atom stereocenters. The van der Waals surface area contributed by atoms with E-state index in [1.165, 1.54) is 6.20 Å². The van der Waals surface area contributed by atoms with Crippen molar-refractivity contribution in [2.45, 2.75) is 32.6 Å². The number of carboxylic acids is 1. The Morgan fingerprint density at radius 2 is 2.05 bits per heavy atom. The van der Waals surface area contributed by atoms with E-state index in [9.17, 15) is 14.7 Å². The predicted molar refractivity (Wildman–Crippen MR) is 69.8 cm³/mol. The number of aromatic nitrogens is 1. The number of hydrogen-bond acceptors (Lipinski definition) is 3. The highest BCUT2D eigenvalue weighted by Gasteiger charge is 2.41. The van der Waals surface area contributed by atoms with E-state index in [1.54, 1.807) is 12.3 Å². The van der Waals surface area contributed by atoms with Crippen LogP contribution in [0.3, 0.4) is 0 Å². The Kier molecular flexibility index (Phi) is 3.83. The molecule has 1 fully saturated rings. The van der Waals surface area contributed by atoms with E-state index in [4.69, 9.17) is 0 Å². The van der Waals surface area contributed by atoms with Crippen molar-refractivity contribution in [3.8, 4) is 0 Å². The third-order valence-electron chi connectivity index (χ3n) is 3.74. The average Bonchev–Trinajstić information content (AvgIpc) is 2.86. The van der Waals surface area contributed by atoms with Gasteiger partial charge in [-0.05, 0) is 31.4 Å². The monoisotopic (exact) mass is 262 g/mol. The van der Waals surface area contributed by atoms with Crippen molar-refractivity contribution in [3.63, 3.8) is 0 Å². The van der Waals surface area contributed by atoms with Gasteiger partial charge in [0.05, 0.1) is 11.0 Å². The number of rotatable bonds is 4. The summed E-state index contributed by atoms with van der Waals surface area (Å²) in [5.74, 6) is -1.07. The summed E-state index contributed by atoms with van der Waals surface area (Å²) in [5, 5.41) is 12.1. The lowest BCUT2D eigenvalue weighted by Crippen LogP contribution is -2.41. The highest BCUT2D eigenvalue weighted by atomic mass is 16.4. The maximum Gasteiger partial charge on any atom is 0.311 e. The van der Waals surface area contributed by atoms with E-state index in [2.05, 4.69) is 10.3 Å². The first kappa shape index (κ1) is 13.5. The van der Waals surface area contributed by atoms with E-state index in [-0.39, 0.29) is 12.5 Å². The fourth-order valence-electron chi connectivity index (χ4n) is 2.55. The van der Waals surface area contributed by atoms with E-state index >= 15 is 0 Å². The van der Waals surface area contributed by atoms with Gasteiger partial charge in [-0.1, -0.05) is 12.8 Å². The SMILES string of the molecule is Cc1cncc(C(=O)NCC2(C(=O)O)CCCC2)c1. The quantitative estimate of drug-likeness (QED) is 0.866. The zero-order chi connectivity index (χ0) is 13.9. The summed E-state index contributed by atoms with van der Waals surface area (Å²) in [7, 11) is 0. The van der Waals surface area contributed by atoms with Gasteiger partial charge in [0.15, 0.2) is 0 Å². The second-order valence-electron chi connectivity index (χ2n) is 5.23. The van der Waals surface area contributed by atoms with Crippen molar-refractivity contribution < 1.29 is 14.7 Å². The van der Waals surface area contributed by atoms with Crippen LogP contribution in [0.5, 0.6) is 0 Å². The van der Waals surface area contributed by atoms with Crippen molar-refractivity contribution in [1.82, 2.24) is 10.3 Å². The number of aryl methyl sites for hydroxylation is 1. The van der Waals surface area contributed by atoms with Gasteiger partial charge in [-0.3, -0.25) is 14.6 Å². The van der Waals surface area contributed by atoms with Crippen LogP contribution in [0, 0.1) is 12.3 Å². The van der Waals surface area contributed by atoms with Crippen LogP contribution in [0.4, 0.5) is 0 Å². The molecule has 2 N–H and O–H groups in total. The molecule has 0 spiro atoms. The lowest BCUT2D eigenvalue weighted by molar-refractivity contribution is -0.148. The first-order valence-electron chi connectivity index (χ1n) is 6.47. The molecule has 1 aromatic heterocycles. The molecule has 1 heterocycles. The van der Waals surface area contributed by atoms with Crippen LogP contribution in [-0.4, -0.2) is 28.5 Å². The maximum absolute atomic E-state index is 12.0. The number of amides is 1. The number of carbonyl (C=O) groups is 2. The van der Waals surface area contributed by atoms with Crippen LogP contribution in [-0.2, 0) is 4.79 Å². The molecule has 1 aliphatic rings. The molecule has 1 saturated carbocycles. The van der Waals surface area contributed by atoms with Gasteiger partial charge in [0.2, 0.25) is 0 Å². The van der Waals surface area contributed by atoms with Gasteiger partial charge in [-0.2, -0.15) is 0 Å². The normalized spacial score (nSPS) is 17.1. The smallest absolute Gasteiger partial charge is 0.311 e. The zero-order valence-electron chi connectivity index (χ0n) is 11.0. The summed E-state index contributed by atoms with van der Waals surface area (Å²) in [6.07, 6.45) is 6.25. The molecule has 0 aliphatic heterocycles. The summed E-state index contributed by atoms with van der Waals surface area (Å²) < 4.78 is 0. The Morgan fingerprint density at radius 3 is 2.63 bits per heavy atom. The second-order valence-corrected chi connectivity index (χ2v) is 5.23. The van der Waals surface area contributed by atoms with Crippen molar-refractivity contribution >= 4 is 11.9 Å². The Hall–Kier alpha value is -1.91. The maximum atomic E-state index is 12.0. The molecule has 0 bridgehead atoms. The minimum atomic E-state index is -0.812. The topological polar surface area (TPSA) is 79.3 Å². The Bertz CT molecular complexity index is 493. The Labute approximate surface area is 112 Å². The summed E-state index contributed by atoms with van der Waals surface area (Å²) >= 11 is 0. The van der Waals surface area contributed by atoms with Gasteiger partial charge in [0, 0.05) is 18.9 Å². The molecular formula is C14H18N2O3. The average molecular weight is 262 g/mol. The van der Waals surface area contributed by atoms with Gasteiger partial charge in [-0.25, -0.2) is 0 Å². The molecule has 0 radical (unpaired) electrons. The van der Waals surface area contributed by atoms with Crippen molar-refractivity contribution in [2.75, 3.05) is 6.54 Å². The van der Waals surface area contributed by atoms with Crippen molar-refractivity contribution in [1.29, 1.82) is 0 Å². The fourth-order valence-corrected chi connectivity index (χ4v) is 2.55. The lowest BCUT2D eigenvalue weighted by Gasteiger charge is -2.23. The third-order valence-corrected chi connectivity index (χ3v) is 3.74. The molecule has 0 aromatic carbocycles. The minimum absolute atomic E-state index is 0.190. The second kappa shape index (κ2) is 5.38. The van der Waals surface area contributed by atoms with Crippen LogP contribution in [0.15, 0.2) is 18.5 Å². The van der Waals surface area contributed by atoms with Gasteiger partial charge in [0.25, 0.3) is 5.91 Å². The van der Waals surface area contributed by atoms with E-state index in [1.807, 2.05) is 6.92 Å². The molecule has 2 rings (SSSR count). The summed E-state index contributed by atoms with van der Waals surface area (Å²) in [6, 6.07) is 1.74. The summed E-state index contributed by atoms with van der Waals surface area (Å²) in [6.45, 7) is 2.05. The van der Waals surface area contributed by atoms with Crippen LogP contribution in [0.2, 0.25) is 0 Å². The molecule has 19 heavy (non-hydrogen) atoms. The molecular weight excluding hydrogens is 244 g/mol. The third kappa shape index (κ3) is 2.92. The minimum Gasteiger partial charge on any atom is -0.481 e. The number of pyridine rings is 1. The molecule has 1 aliphatic carbocycles. The lowest BCUT2D eigenvalue weighted by atomic mass is 9.86. The summed E-state index contributed by atoms with van der Waals surface area (Å²) in [5.41, 5.74) is 0.590. The standard InChI is InChI=1S/C14H18N2O3/c1-10-6-11(8-15-7-10)12(17)16-9-14(13(18)19)4-2-3-5-14/h6-8H,2-5,9H2,1H3,(H,16,17)(H,18,19). The van der Waals surface area contributed by atoms with E-state index < -0.39 is 11.4 Å². The van der Waals surface area contributed by atoms with Crippen LogP contribution in [0.1, 0.15) is 41.6 Å². The number of carbonyl (C=O) groups excluding carboxylic acids is 1. The van der Waals surface area contributed by atoms with Gasteiger partial charge < -0.3 is 10.4 Å². The predicted octanol–water partition coefficient (Wildman–Crippen LogP) is 1.76. The number of hydrogen-bond donors (Lipinski definition) is 2. The first-order valence-corrected chi connectivity index (χ1v) is 6.47. The largest absolute Gasteiger partial charge is 0.481 e. The number of aliphatic carboxylic acids is 1. The summed E-state index contributed by atoms with van der Waals surface area (Å²) in [4.78, 5) is 27.3. The van der Waals surface area contributed by atoms with Crippen molar-refractivity contribution in [3.05, 3.63) is 29.6 Å². The number of carboxylic acid groups (broad SMARTS) is 1. The van der Waals surface area contributed by atoms with Gasteiger partial charge >= 0.3 is 5.97 Å².